The third-order valence-electron chi connectivity index (χ3n) is 4.12. The van der Waals surface area contributed by atoms with Crippen molar-refractivity contribution in [3.63, 3.8) is 0 Å². The number of nitro groups is 1. The summed E-state index contributed by atoms with van der Waals surface area (Å²) in [5, 5.41) is 11.2. The third-order valence-corrected chi connectivity index (χ3v) is 4.12. The summed E-state index contributed by atoms with van der Waals surface area (Å²) in [6, 6.07) is 11.1. The number of carbonyl (C=O) groups excluding carboxylic acids is 2. The van der Waals surface area contributed by atoms with Crippen molar-refractivity contribution in [2.45, 2.75) is 26.7 Å². The van der Waals surface area contributed by atoms with E-state index in [1.54, 1.807) is 20.0 Å². The summed E-state index contributed by atoms with van der Waals surface area (Å²) in [6.07, 6.45) is 0. The molecule has 7 heteroatoms. The van der Waals surface area contributed by atoms with Crippen LogP contribution in [0.25, 0.3) is 0 Å². The molecule has 0 fully saturated rings. The quantitative estimate of drug-likeness (QED) is 0.432. The molecule has 0 N–H and O–H groups in total. The highest BCUT2D eigenvalue weighted by molar-refractivity contribution is 6.07. The third kappa shape index (κ3) is 4.69. The smallest absolute Gasteiger partial charge is 0.338 e. The number of rotatable bonds is 6. The fourth-order valence-corrected chi connectivity index (χ4v) is 2.58. The molecule has 0 saturated carbocycles. The molecular formula is C20H22N2O5. The van der Waals surface area contributed by atoms with Gasteiger partial charge in [-0.3, -0.25) is 14.9 Å². The number of hydrogen-bond acceptors (Lipinski definition) is 5. The summed E-state index contributed by atoms with van der Waals surface area (Å²) >= 11 is 0. The summed E-state index contributed by atoms with van der Waals surface area (Å²) in [5.41, 5.74) is 1.41. The van der Waals surface area contributed by atoms with E-state index in [2.05, 4.69) is 0 Å². The number of esters is 1. The van der Waals surface area contributed by atoms with Gasteiger partial charge in [0, 0.05) is 30.4 Å². The van der Waals surface area contributed by atoms with Crippen LogP contribution in [-0.2, 0) is 4.74 Å². The van der Waals surface area contributed by atoms with Crippen LogP contribution in [0.2, 0.25) is 0 Å². The summed E-state index contributed by atoms with van der Waals surface area (Å²) < 4.78 is 4.90. The van der Waals surface area contributed by atoms with E-state index in [-0.39, 0.29) is 23.4 Å². The molecule has 27 heavy (non-hydrogen) atoms. The topological polar surface area (TPSA) is 89.8 Å². The van der Waals surface area contributed by atoms with Gasteiger partial charge in [-0.25, -0.2) is 4.79 Å². The van der Waals surface area contributed by atoms with Crippen molar-refractivity contribution < 1.29 is 19.2 Å². The largest absolute Gasteiger partial charge is 0.462 e. The zero-order valence-electron chi connectivity index (χ0n) is 15.8. The molecule has 0 aliphatic rings. The van der Waals surface area contributed by atoms with Crippen molar-refractivity contribution in [1.82, 2.24) is 0 Å². The molecule has 0 aliphatic heterocycles. The number of carbonyl (C=O) groups is 2. The van der Waals surface area contributed by atoms with Gasteiger partial charge >= 0.3 is 5.97 Å². The summed E-state index contributed by atoms with van der Waals surface area (Å²) in [4.78, 5) is 36.8. The molecule has 0 bridgehead atoms. The lowest BCUT2D eigenvalue weighted by Gasteiger charge is -2.19. The van der Waals surface area contributed by atoms with Gasteiger partial charge in [0.1, 0.15) is 0 Å². The van der Waals surface area contributed by atoms with E-state index >= 15 is 0 Å². The maximum Gasteiger partial charge on any atom is 0.338 e. The van der Waals surface area contributed by atoms with Gasteiger partial charge in [-0.1, -0.05) is 26.0 Å². The van der Waals surface area contributed by atoms with Gasteiger partial charge in [-0.2, -0.15) is 0 Å². The van der Waals surface area contributed by atoms with Crippen LogP contribution in [0, 0.1) is 10.1 Å². The molecule has 142 valence electrons. The minimum absolute atomic E-state index is 0.0290. The SMILES string of the molecule is CCOC(=O)c1cc(C(=O)N(C)c2cccc(C(C)C)c2)cc([N+](=O)[O-])c1. The number of ether oxygens (including phenoxy) is 1. The maximum atomic E-state index is 12.9. The summed E-state index contributed by atoms with van der Waals surface area (Å²) in [5.74, 6) is -0.869. The minimum Gasteiger partial charge on any atom is -0.462 e. The average Bonchev–Trinajstić information content (AvgIpc) is 2.66. The second-order valence-corrected chi connectivity index (χ2v) is 6.36. The molecule has 0 heterocycles. The average molecular weight is 370 g/mol. The van der Waals surface area contributed by atoms with Crippen molar-refractivity contribution >= 4 is 23.3 Å². The first-order valence-electron chi connectivity index (χ1n) is 8.59. The lowest BCUT2D eigenvalue weighted by molar-refractivity contribution is -0.384. The Balaban J connectivity index is 2.43. The van der Waals surface area contributed by atoms with Gasteiger partial charge in [0.2, 0.25) is 0 Å². The Morgan fingerprint density at radius 3 is 2.41 bits per heavy atom. The zero-order chi connectivity index (χ0) is 20.1. The van der Waals surface area contributed by atoms with E-state index < -0.39 is 16.8 Å². The monoisotopic (exact) mass is 370 g/mol. The fraction of sp³-hybridized carbons (Fsp3) is 0.300. The number of nitro benzene ring substituents is 1. The molecular weight excluding hydrogens is 348 g/mol. The number of nitrogens with zero attached hydrogens (tertiary/aromatic N) is 2. The van der Waals surface area contributed by atoms with Crippen molar-refractivity contribution in [2.75, 3.05) is 18.6 Å². The Kier molecular flexibility index (Phi) is 6.28. The van der Waals surface area contributed by atoms with E-state index in [0.717, 1.165) is 17.7 Å². The molecule has 2 aromatic rings. The normalized spacial score (nSPS) is 10.6. The van der Waals surface area contributed by atoms with Gasteiger partial charge in [0.15, 0.2) is 0 Å². The predicted molar refractivity (Wildman–Crippen MR) is 102 cm³/mol. The van der Waals surface area contributed by atoms with Crippen LogP contribution in [0.4, 0.5) is 11.4 Å². The van der Waals surface area contributed by atoms with Crippen LogP contribution >= 0.6 is 0 Å². The maximum absolute atomic E-state index is 12.9. The number of amides is 1. The van der Waals surface area contributed by atoms with Gasteiger partial charge in [-0.05, 0) is 36.6 Å². The summed E-state index contributed by atoms with van der Waals surface area (Å²) in [7, 11) is 1.59. The predicted octanol–water partition coefficient (Wildman–Crippen LogP) is 4.17. The number of benzene rings is 2. The second kappa shape index (κ2) is 8.44. The first-order valence-corrected chi connectivity index (χ1v) is 8.59. The van der Waals surface area contributed by atoms with Gasteiger partial charge < -0.3 is 9.64 Å². The number of anilines is 1. The molecule has 0 unspecified atom stereocenters. The Hall–Kier alpha value is -3.22. The lowest BCUT2D eigenvalue weighted by Crippen LogP contribution is -2.26. The van der Waals surface area contributed by atoms with Crippen LogP contribution in [0.3, 0.4) is 0 Å². The van der Waals surface area contributed by atoms with E-state index in [1.807, 2.05) is 32.0 Å². The summed E-state index contributed by atoms with van der Waals surface area (Å²) in [6.45, 7) is 5.86. The lowest BCUT2D eigenvalue weighted by atomic mass is 10.0. The van der Waals surface area contributed by atoms with Crippen LogP contribution in [0.5, 0.6) is 0 Å². The first kappa shape index (κ1) is 20.1. The van der Waals surface area contributed by atoms with Crippen molar-refractivity contribution in [3.05, 3.63) is 69.3 Å². The van der Waals surface area contributed by atoms with E-state index in [4.69, 9.17) is 4.74 Å². The molecule has 1 amide bonds. The van der Waals surface area contributed by atoms with Crippen LogP contribution in [-0.4, -0.2) is 30.5 Å². The number of hydrogen-bond donors (Lipinski definition) is 0. The standard InChI is InChI=1S/C20H22N2O5/c1-5-27-20(24)16-9-15(11-18(12-16)22(25)26)19(23)21(4)17-8-6-7-14(10-17)13(2)3/h6-13H,5H2,1-4H3. The molecule has 0 saturated heterocycles. The highest BCUT2D eigenvalue weighted by atomic mass is 16.6. The van der Waals surface area contributed by atoms with Gasteiger partial charge in [0.25, 0.3) is 11.6 Å². The second-order valence-electron chi connectivity index (χ2n) is 6.36. The molecule has 2 aromatic carbocycles. The Labute approximate surface area is 157 Å². The highest BCUT2D eigenvalue weighted by Crippen LogP contribution is 2.24. The van der Waals surface area contributed by atoms with E-state index in [0.29, 0.717) is 11.6 Å². The molecule has 7 nitrogen and oxygen atoms in total. The highest BCUT2D eigenvalue weighted by Gasteiger charge is 2.21. The van der Waals surface area contributed by atoms with Crippen molar-refractivity contribution in [2.24, 2.45) is 0 Å². The molecule has 0 aliphatic carbocycles. The molecule has 0 atom stereocenters. The van der Waals surface area contributed by atoms with Gasteiger partial charge in [-0.15, -0.1) is 0 Å². The molecule has 2 rings (SSSR count). The van der Waals surface area contributed by atoms with Crippen LogP contribution < -0.4 is 4.90 Å². The molecule has 0 spiro atoms. The fourth-order valence-electron chi connectivity index (χ4n) is 2.58. The van der Waals surface area contributed by atoms with Crippen molar-refractivity contribution in [3.8, 4) is 0 Å². The van der Waals surface area contributed by atoms with Gasteiger partial charge in [0.05, 0.1) is 17.1 Å². The van der Waals surface area contributed by atoms with E-state index in [1.165, 1.54) is 11.0 Å². The van der Waals surface area contributed by atoms with Crippen LogP contribution in [0.15, 0.2) is 42.5 Å². The van der Waals surface area contributed by atoms with Crippen LogP contribution in [0.1, 0.15) is 53.0 Å². The Morgan fingerprint density at radius 2 is 1.81 bits per heavy atom. The minimum atomic E-state index is -0.709. The zero-order valence-corrected chi connectivity index (χ0v) is 15.8. The Bertz CT molecular complexity index is 876. The number of non-ortho nitro benzene ring substituents is 1. The first-order chi connectivity index (χ1) is 12.7. The Morgan fingerprint density at radius 1 is 1.15 bits per heavy atom. The molecule has 0 radical (unpaired) electrons. The van der Waals surface area contributed by atoms with Crippen molar-refractivity contribution in [1.29, 1.82) is 0 Å². The van der Waals surface area contributed by atoms with E-state index in [9.17, 15) is 19.7 Å². The molecule has 0 aromatic heterocycles.